The lowest BCUT2D eigenvalue weighted by atomic mass is 10.1. The number of amides is 2. The van der Waals surface area contributed by atoms with Gasteiger partial charge in [-0.15, -0.1) is 0 Å². The van der Waals surface area contributed by atoms with Crippen LogP contribution in [-0.4, -0.2) is 31.8 Å². The molecular weight excluding hydrogens is 309 g/mol. The molecule has 0 aromatic heterocycles. The van der Waals surface area contributed by atoms with Crippen LogP contribution in [0.1, 0.15) is 17.2 Å². The van der Waals surface area contributed by atoms with Crippen molar-refractivity contribution in [1.82, 2.24) is 5.32 Å². The third-order valence-corrected chi connectivity index (χ3v) is 3.69. The first-order chi connectivity index (χ1) is 11.4. The molecule has 24 heavy (non-hydrogen) atoms. The third kappa shape index (κ3) is 4.70. The molecule has 2 amide bonds. The van der Waals surface area contributed by atoms with Crippen molar-refractivity contribution in [2.24, 2.45) is 0 Å². The zero-order chi connectivity index (χ0) is 17.7. The van der Waals surface area contributed by atoms with Crippen molar-refractivity contribution in [3.05, 3.63) is 59.4 Å². The molecule has 3 N–H and O–H groups in total. The van der Waals surface area contributed by atoms with Crippen molar-refractivity contribution >= 4 is 17.4 Å². The minimum atomic E-state index is -0.895. The minimum Gasteiger partial charge on any atom is -0.387 e. The first-order valence-corrected chi connectivity index (χ1v) is 7.63. The van der Waals surface area contributed by atoms with Crippen molar-refractivity contribution in [2.45, 2.75) is 13.0 Å². The number of nitrogens with one attached hydrogen (secondary N) is 2. The second-order valence-electron chi connectivity index (χ2n) is 5.80. The van der Waals surface area contributed by atoms with Gasteiger partial charge in [0.25, 0.3) is 0 Å². The van der Waals surface area contributed by atoms with Crippen LogP contribution < -0.4 is 15.5 Å². The van der Waals surface area contributed by atoms with E-state index in [0.29, 0.717) is 11.3 Å². The van der Waals surface area contributed by atoms with E-state index in [0.717, 1.165) is 11.3 Å². The molecule has 0 radical (unpaired) electrons. The lowest BCUT2D eigenvalue weighted by Gasteiger charge is -2.16. The van der Waals surface area contributed by atoms with Crippen LogP contribution in [0.5, 0.6) is 0 Å². The lowest BCUT2D eigenvalue weighted by Crippen LogP contribution is -2.32. The van der Waals surface area contributed by atoms with Gasteiger partial charge < -0.3 is 20.6 Å². The number of aliphatic hydroxyl groups is 1. The van der Waals surface area contributed by atoms with Gasteiger partial charge in [0.1, 0.15) is 5.82 Å². The van der Waals surface area contributed by atoms with Gasteiger partial charge in [0.2, 0.25) is 0 Å². The van der Waals surface area contributed by atoms with E-state index in [4.69, 9.17) is 0 Å². The van der Waals surface area contributed by atoms with Gasteiger partial charge in [-0.3, -0.25) is 0 Å². The zero-order valence-corrected chi connectivity index (χ0v) is 14.0. The van der Waals surface area contributed by atoms with Crippen LogP contribution in [-0.2, 0) is 0 Å². The molecule has 5 nitrogen and oxygen atoms in total. The van der Waals surface area contributed by atoms with Crippen LogP contribution in [0.3, 0.4) is 0 Å². The first kappa shape index (κ1) is 17.7. The number of anilines is 2. The Balaban J connectivity index is 1.90. The van der Waals surface area contributed by atoms with Crippen molar-refractivity contribution in [3.8, 4) is 0 Å². The van der Waals surface area contributed by atoms with Crippen LogP contribution in [0, 0.1) is 12.7 Å². The quantitative estimate of drug-likeness (QED) is 0.789. The van der Waals surface area contributed by atoms with Crippen molar-refractivity contribution in [1.29, 1.82) is 0 Å². The van der Waals surface area contributed by atoms with E-state index >= 15 is 0 Å². The lowest BCUT2D eigenvalue weighted by molar-refractivity contribution is 0.175. The SMILES string of the molecule is Cc1cc(N(C)C)ccc1NC(=O)NCC(O)c1ccc(F)cc1. The van der Waals surface area contributed by atoms with Crippen LogP contribution in [0.4, 0.5) is 20.6 Å². The molecule has 6 heteroatoms. The molecule has 0 aliphatic heterocycles. The number of carbonyl (C=O) groups excluding carboxylic acids is 1. The van der Waals surface area contributed by atoms with Gasteiger partial charge >= 0.3 is 6.03 Å². The van der Waals surface area contributed by atoms with Crippen molar-refractivity contribution in [3.63, 3.8) is 0 Å². The maximum absolute atomic E-state index is 12.9. The maximum Gasteiger partial charge on any atom is 0.319 e. The third-order valence-electron chi connectivity index (χ3n) is 3.69. The van der Waals surface area contributed by atoms with E-state index in [1.54, 1.807) is 0 Å². The summed E-state index contributed by atoms with van der Waals surface area (Å²) in [6.07, 6.45) is -0.895. The van der Waals surface area contributed by atoms with Crippen LogP contribution >= 0.6 is 0 Å². The molecule has 0 bridgehead atoms. The van der Waals surface area contributed by atoms with Gasteiger partial charge in [-0.2, -0.15) is 0 Å². The molecule has 0 aliphatic carbocycles. The molecule has 128 valence electrons. The Bertz CT molecular complexity index is 702. The van der Waals surface area contributed by atoms with Crippen LogP contribution in [0.25, 0.3) is 0 Å². The molecule has 0 saturated carbocycles. The summed E-state index contributed by atoms with van der Waals surface area (Å²) in [6, 6.07) is 10.8. The number of urea groups is 1. The summed E-state index contributed by atoms with van der Waals surface area (Å²) in [5, 5.41) is 15.4. The number of carbonyl (C=O) groups is 1. The Labute approximate surface area is 141 Å². The highest BCUT2D eigenvalue weighted by Gasteiger charge is 2.11. The molecule has 1 unspecified atom stereocenters. The van der Waals surface area contributed by atoms with E-state index in [1.165, 1.54) is 24.3 Å². The van der Waals surface area contributed by atoms with Crippen LogP contribution in [0.15, 0.2) is 42.5 Å². The van der Waals surface area contributed by atoms with E-state index in [9.17, 15) is 14.3 Å². The largest absolute Gasteiger partial charge is 0.387 e. The van der Waals surface area contributed by atoms with Crippen molar-refractivity contribution < 1.29 is 14.3 Å². The summed E-state index contributed by atoms with van der Waals surface area (Å²) >= 11 is 0. The fourth-order valence-electron chi connectivity index (χ4n) is 2.22. The van der Waals surface area contributed by atoms with Gasteiger partial charge in [0.05, 0.1) is 6.10 Å². The van der Waals surface area contributed by atoms with Crippen LogP contribution in [0.2, 0.25) is 0 Å². The average Bonchev–Trinajstić information content (AvgIpc) is 2.55. The standard InChI is InChI=1S/C18H22FN3O2/c1-12-10-15(22(2)3)8-9-16(12)21-18(24)20-11-17(23)13-4-6-14(19)7-5-13/h4-10,17,23H,11H2,1-3H3,(H2,20,21,24). The first-order valence-electron chi connectivity index (χ1n) is 7.63. The monoisotopic (exact) mass is 331 g/mol. The Morgan fingerprint density at radius 2 is 1.88 bits per heavy atom. The van der Waals surface area contributed by atoms with Gasteiger partial charge in [0, 0.05) is 32.0 Å². The zero-order valence-electron chi connectivity index (χ0n) is 14.0. The number of rotatable bonds is 5. The molecule has 0 saturated heterocycles. The van der Waals surface area contributed by atoms with E-state index in [2.05, 4.69) is 10.6 Å². The maximum atomic E-state index is 12.9. The molecule has 0 aliphatic rings. The smallest absolute Gasteiger partial charge is 0.319 e. The Hall–Kier alpha value is -2.60. The summed E-state index contributed by atoms with van der Waals surface area (Å²) in [6.45, 7) is 1.95. The number of aliphatic hydroxyl groups excluding tert-OH is 1. The van der Waals surface area contributed by atoms with E-state index < -0.39 is 12.1 Å². The molecule has 0 fully saturated rings. The Morgan fingerprint density at radius 3 is 2.46 bits per heavy atom. The fourth-order valence-corrected chi connectivity index (χ4v) is 2.22. The highest BCUT2D eigenvalue weighted by Crippen LogP contribution is 2.21. The van der Waals surface area contributed by atoms with Gasteiger partial charge in [-0.1, -0.05) is 12.1 Å². The second-order valence-corrected chi connectivity index (χ2v) is 5.80. The summed E-state index contributed by atoms with van der Waals surface area (Å²) < 4.78 is 12.9. The summed E-state index contributed by atoms with van der Waals surface area (Å²) in [5.74, 6) is -0.367. The number of benzene rings is 2. The molecule has 2 rings (SSSR count). The molecule has 2 aromatic rings. The number of nitrogens with zero attached hydrogens (tertiary/aromatic N) is 1. The predicted molar refractivity (Wildman–Crippen MR) is 93.9 cm³/mol. The summed E-state index contributed by atoms with van der Waals surface area (Å²) in [5.41, 5.74) is 3.23. The van der Waals surface area contributed by atoms with Crippen molar-refractivity contribution in [2.75, 3.05) is 30.9 Å². The van der Waals surface area contributed by atoms with Gasteiger partial charge in [-0.05, 0) is 48.4 Å². The summed E-state index contributed by atoms with van der Waals surface area (Å²) in [4.78, 5) is 14.0. The fraction of sp³-hybridized carbons (Fsp3) is 0.278. The van der Waals surface area contributed by atoms with Gasteiger partial charge in [0.15, 0.2) is 0 Å². The molecule has 0 heterocycles. The topological polar surface area (TPSA) is 64.6 Å². The minimum absolute atomic E-state index is 0.0340. The second kappa shape index (κ2) is 7.79. The number of aryl methyl sites for hydroxylation is 1. The molecule has 1 atom stereocenters. The number of hydrogen-bond donors (Lipinski definition) is 3. The van der Waals surface area contributed by atoms with Gasteiger partial charge in [-0.25, -0.2) is 9.18 Å². The normalized spacial score (nSPS) is 11.7. The van der Waals surface area contributed by atoms with E-state index in [-0.39, 0.29) is 12.4 Å². The highest BCUT2D eigenvalue weighted by atomic mass is 19.1. The highest BCUT2D eigenvalue weighted by molar-refractivity contribution is 5.90. The molecule has 2 aromatic carbocycles. The summed E-state index contributed by atoms with van der Waals surface area (Å²) in [7, 11) is 3.90. The molecular formula is C18H22FN3O2. The number of hydrogen-bond acceptors (Lipinski definition) is 3. The predicted octanol–water partition coefficient (Wildman–Crippen LogP) is 3.06. The average molecular weight is 331 g/mol. The number of halogens is 1. The molecule has 0 spiro atoms. The Kier molecular flexibility index (Phi) is 5.76. The Morgan fingerprint density at radius 1 is 1.21 bits per heavy atom. The van der Waals surface area contributed by atoms with E-state index in [1.807, 2.05) is 44.1 Å².